The lowest BCUT2D eigenvalue weighted by molar-refractivity contribution is -0.122. The summed E-state index contributed by atoms with van der Waals surface area (Å²) in [5.74, 6) is 0.271. The predicted molar refractivity (Wildman–Crippen MR) is 234 cm³/mol. The third-order valence-corrected chi connectivity index (χ3v) is 9.48. The van der Waals surface area contributed by atoms with Crippen LogP contribution in [-0.2, 0) is 14.3 Å². The molecule has 0 spiro atoms. The number of amides is 2. The fourth-order valence-electron chi connectivity index (χ4n) is 6.00. The van der Waals surface area contributed by atoms with Crippen molar-refractivity contribution in [2.75, 3.05) is 40.0 Å². The Morgan fingerprint density at radius 1 is 0.444 bits per heavy atom. The number of carbonyl (C=O) groups is 2. The smallest absolute Gasteiger partial charge is 0.219 e. The first kappa shape index (κ1) is 59.5. The van der Waals surface area contributed by atoms with E-state index in [4.69, 9.17) is 20.1 Å². The average Bonchev–Trinajstić information content (AvgIpc) is 3.19. The first-order valence-corrected chi connectivity index (χ1v) is 23.4. The van der Waals surface area contributed by atoms with Gasteiger partial charge < -0.3 is 30.7 Å². The highest BCUT2D eigenvalue weighted by atomic mass is 16.5. The van der Waals surface area contributed by atoms with Gasteiger partial charge in [0.1, 0.15) is 0 Å². The van der Waals surface area contributed by atoms with E-state index in [-0.39, 0.29) is 37.7 Å². The summed E-state index contributed by atoms with van der Waals surface area (Å²) in [4.78, 5) is 22.9. The van der Waals surface area contributed by atoms with Gasteiger partial charge in [0, 0.05) is 46.3 Å². The topological polar surface area (TPSA) is 128 Å². The molecule has 328 valence electrons. The molecule has 0 rings (SSSR count). The zero-order valence-corrected chi connectivity index (χ0v) is 37.3. The highest BCUT2D eigenvalue weighted by molar-refractivity contribution is 5.76. The first-order valence-electron chi connectivity index (χ1n) is 23.4. The summed E-state index contributed by atoms with van der Waals surface area (Å²) in [7, 11) is 1.62. The van der Waals surface area contributed by atoms with Crippen molar-refractivity contribution in [2.45, 2.75) is 246 Å². The quantitative estimate of drug-likeness (QED) is 0.0397. The van der Waals surface area contributed by atoms with Gasteiger partial charge in [-0.3, -0.25) is 9.59 Å². The molecule has 0 aliphatic heterocycles. The molecular formula is C46H98N2O6. The zero-order chi connectivity index (χ0) is 41.0. The standard InChI is InChI=1S/2C19H39NO2.C6H14O2.C2H6/c2*1-2-3-4-5-6-7-8-9-10-11-12-13-14-16-19(22)20-17-15-18-21;1-3-4-6(5-7)8-2;1-2/h2*21H,2-18H2,1H3,(H,20,22);6-7H,3-5H2,1-2H3;1-2H3. The molecule has 1 atom stereocenters. The van der Waals surface area contributed by atoms with Crippen molar-refractivity contribution in [3.8, 4) is 0 Å². The van der Waals surface area contributed by atoms with Gasteiger partial charge in [-0.1, -0.05) is 195 Å². The van der Waals surface area contributed by atoms with Gasteiger partial charge in [0.15, 0.2) is 0 Å². The highest BCUT2D eigenvalue weighted by Crippen LogP contribution is 2.14. The minimum atomic E-state index is 0.0556. The summed E-state index contributed by atoms with van der Waals surface area (Å²) in [5, 5.41) is 31.4. The van der Waals surface area contributed by atoms with Gasteiger partial charge in [-0.2, -0.15) is 0 Å². The molecule has 0 fully saturated rings. The molecule has 8 heteroatoms. The molecule has 0 aromatic rings. The molecule has 0 radical (unpaired) electrons. The van der Waals surface area contributed by atoms with Crippen molar-refractivity contribution in [3.63, 3.8) is 0 Å². The Morgan fingerprint density at radius 3 is 0.926 bits per heavy atom. The van der Waals surface area contributed by atoms with Crippen LogP contribution in [-0.4, -0.2) is 73.3 Å². The fourth-order valence-corrected chi connectivity index (χ4v) is 6.00. The lowest BCUT2D eigenvalue weighted by atomic mass is 10.0. The molecular weight excluding hydrogens is 677 g/mol. The normalized spacial score (nSPS) is 11.0. The summed E-state index contributed by atoms with van der Waals surface area (Å²) in [6, 6.07) is 0. The number of aliphatic hydroxyl groups excluding tert-OH is 3. The van der Waals surface area contributed by atoms with Crippen molar-refractivity contribution in [1.29, 1.82) is 0 Å². The summed E-state index contributed by atoms with van der Waals surface area (Å²) in [6.45, 7) is 12.3. The Morgan fingerprint density at radius 2 is 0.722 bits per heavy atom. The van der Waals surface area contributed by atoms with Gasteiger partial charge in [-0.25, -0.2) is 0 Å². The largest absolute Gasteiger partial charge is 0.396 e. The summed E-state index contributed by atoms with van der Waals surface area (Å²) >= 11 is 0. The van der Waals surface area contributed by atoms with E-state index in [0.29, 0.717) is 38.8 Å². The molecule has 0 bridgehead atoms. The molecule has 5 N–H and O–H groups in total. The third kappa shape index (κ3) is 60.0. The second kappa shape index (κ2) is 58.5. The third-order valence-electron chi connectivity index (χ3n) is 9.48. The molecule has 1 unspecified atom stereocenters. The van der Waals surface area contributed by atoms with Gasteiger partial charge in [0.05, 0.1) is 12.7 Å². The molecule has 2 amide bonds. The molecule has 0 aromatic carbocycles. The van der Waals surface area contributed by atoms with Crippen LogP contribution in [0, 0.1) is 0 Å². The van der Waals surface area contributed by atoms with Crippen molar-refractivity contribution >= 4 is 11.8 Å². The number of nitrogens with one attached hydrogen (secondary N) is 2. The molecule has 0 aliphatic rings. The number of unbranched alkanes of at least 4 members (excludes halogenated alkanes) is 24. The molecule has 0 heterocycles. The average molecular weight is 775 g/mol. The summed E-state index contributed by atoms with van der Waals surface area (Å²) in [5.41, 5.74) is 0. The molecule has 0 saturated carbocycles. The van der Waals surface area contributed by atoms with Gasteiger partial charge >= 0.3 is 0 Å². The van der Waals surface area contributed by atoms with Crippen molar-refractivity contribution in [3.05, 3.63) is 0 Å². The molecule has 8 nitrogen and oxygen atoms in total. The molecule has 0 saturated heterocycles. The lowest BCUT2D eigenvalue weighted by Gasteiger charge is -2.08. The first-order chi connectivity index (χ1) is 26.5. The number of methoxy groups -OCH3 is 1. The number of rotatable bonds is 38. The number of carbonyl (C=O) groups excluding carboxylic acids is 2. The zero-order valence-electron chi connectivity index (χ0n) is 37.3. The van der Waals surface area contributed by atoms with Crippen LogP contribution in [0.3, 0.4) is 0 Å². The van der Waals surface area contributed by atoms with Gasteiger partial charge in [-0.15, -0.1) is 0 Å². The molecule has 0 aromatic heterocycles. The Bertz CT molecular complexity index is 615. The maximum Gasteiger partial charge on any atom is 0.219 e. The van der Waals surface area contributed by atoms with Gasteiger partial charge in [0.25, 0.3) is 0 Å². The molecule has 54 heavy (non-hydrogen) atoms. The van der Waals surface area contributed by atoms with E-state index >= 15 is 0 Å². The van der Waals surface area contributed by atoms with Crippen LogP contribution in [0.15, 0.2) is 0 Å². The van der Waals surface area contributed by atoms with E-state index in [0.717, 1.165) is 25.7 Å². The van der Waals surface area contributed by atoms with E-state index in [1.165, 1.54) is 154 Å². The van der Waals surface area contributed by atoms with Crippen molar-refractivity contribution < 1.29 is 29.6 Å². The Hall–Kier alpha value is -1.22. The maximum absolute atomic E-state index is 11.4. The molecule has 0 aliphatic carbocycles. The Kier molecular flexibility index (Phi) is 64.4. The maximum atomic E-state index is 11.4. The van der Waals surface area contributed by atoms with Crippen LogP contribution in [0.5, 0.6) is 0 Å². The van der Waals surface area contributed by atoms with Crippen LogP contribution in [0.25, 0.3) is 0 Å². The summed E-state index contributed by atoms with van der Waals surface area (Å²) < 4.78 is 4.89. The van der Waals surface area contributed by atoms with Gasteiger partial charge in [0.2, 0.25) is 11.8 Å². The Balaban J connectivity index is -0.000000371. The van der Waals surface area contributed by atoms with Gasteiger partial charge in [-0.05, 0) is 32.1 Å². The van der Waals surface area contributed by atoms with E-state index in [1.54, 1.807) is 7.11 Å². The van der Waals surface area contributed by atoms with Crippen LogP contribution in [0.2, 0.25) is 0 Å². The number of hydrogen-bond donors (Lipinski definition) is 5. The second-order valence-electron chi connectivity index (χ2n) is 14.7. The SMILES string of the molecule is CC.CCCC(CO)OC.CCCCCCCCCCCCCCCC(=O)NCCCO.CCCCCCCCCCCCCCCC(=O)NCCCO. The number of hydrogen-bond acceptors (Lipinski definition) is 6. The van der Waals surface area contributed by atoms with Crippen LogP contribution in [0.1, 0.15) is 240 Å². The van der Waals surface area contributed by atoms with E-state index in [9.17, 15) is 9.59 Å². The Labute approximate surface area is 337 Å². The second-order valence-corrected chi connectivity index (χ2v) is 14.7. The monoisotopic (exact) mass is 775 g/mol. The van der Waals surface area contributed by atoms with Crippen LogP contribution >= 0.6 is 0 Å². The van der Waals surface area contributed by atoms with Crippen LogP contribution < -0.4 is 10.6 Å². The van der Waals surface area contributed by atoms with E-state index in [2.05, 4.69) is 31.4 Å². The number of aliphatic hydroxyl groups is 3. The minimum Gasteiger partial charge on any atom is -0.396 e. The lowest BCUT2D eigenvalue weighted by Crippen LogP contribution is -2.24. The fraction of sp³-hybridized carbons (Fsp3) is 0.957. The van der Waals surface area contributed by atoms with Crippen molar-refractivity contribution in [2.24, 2.45) is 0 Å². The highest BCUT2D eigenvalue weighted by Gasteiger charge is 2.02. The number of ether oxygens (including phenoxy) is 1. The van der Waals surface area contributed by atoms with Crippen LogP contribution in [0.4, 0.5) is 0 Å². The summed E-state index contributed by atoms with van der Waals surface area (Å²) in [6.07, 6.45) is 39.3. The minimum absolute atomic E-state index is 0.0556. The predicted octanol–water partition coefficient (Wildman–Crippen LogP) is 11.8. The van der Waals surface area contributed by atoms with E-state index in [1.807, 2.05) is 13.8 Å². The van der Waals surface area contributed by atoms with E-state index < -0.39 is 0 Å². The van der Waals surface area contributed by atoms with Crippen molar-refractivity contribution in [1.82, 2.24) is 10.6 Å².